The standard InChI is InChI=1S/C32H60N4O8/c1-29(2,3)41-25(37)21-33-13-15-34(22-26(38)42-30(4,5)6)17-19-36(24-28(40)44-32(10,11)12)20-18-35(16-14-33)23-27(39)43-31(7,8)9/h13-24H2,1-12H3. The third kappa shape index (κ3) is 20.6. The van der Waals surface area contributed by atoms with Crippen LogP contribution in [0.3, 0.4) is 0 Å². The predicted molar refractivity (Wildman–Crippen MR) is 169 cm³/mol. The molecule has 1 rings (SSSR count). The Bertz CT molecular complexity index is 776. The molecule has 0 atom stereocenters. The largest absolute Gasteiger partial charge is 0.459 e. The molecule has 256 valence electrons. The Balaban J connectivity index is 3.23. The summed E-state index contributed by atoms with van der Waals surface area (Å²) in [4.78, 5) is 59.1. The quantitative estimate of drug-likeness (QED) is 0.290. The van der Waals surface area contributed by atoms with Gasteiger partial charge in [0.2, 0.25) is 0 Å². The van der Waals surface area contributed by atoms with Gasteiger partial charge in [-0.2, -0.15) is 0 Å². The zero-order valence-electron chi connectivity index (χ0n) is 29.5. The van der Waals surface area contributed by atoms with Crippen molar-refractivity contribution >= 4 is 23.9 Å². The van der Waals surface area contributed by atoms with Crippen molar-refractivity contribution in [3.8, 4) is 0 Å². The van der Waals surface area contributed by atoms with Crippen LogP contribution in [0, 0.1) is 0 Å². The Morgan fingerprint density at radius 3 is 0.614 bits per heavy atom. The topological polar surface area (TPSA) is 118 Å². The maximum atomic E-state index is 12.8. The van der Waals surface area contributed by atoms with Crippen LogP contribution in [0.4, 0.5) is 0 Å². The van der Waals surface area contributed by atoms with Gasteiger partial charge in [0.05, 0.1) is 26.2 Å². The molecule has 0 unspecified atom stereocenters. The Morgan fingerprint density at radius 1 is 0.364 bits per heavy atom. The second-order valence-electron chi connectivity index (χ2n) is 15.5. The third-order valence-corrected chi connectivity index (χ3v) is 6.02. The zero-order chi connectivity index (χ0) is 33.9. The van der Waals surface area contributed by atoms with Gasteiger partial charge in [-0.1, -0.05) is 0 Å². The first-order chi connectivity index (χ1) is 19.9. The predicted octanol–water partition coefficient (Wildman–Crippen LogP) is 2.57. The minimum Gasteiger partial charge on any atom is -0.459 e. The first kappa shape index (κ1) is 39.7. The van der Waals surface area contributed by atoms with Gasteiger partial charge in [0.1, 0.15) is 22.4 Å². The highest BCUT2D eigenvalue weighted by molar-refractivity contribution is 5.73. The summed E-state index contributed by atoms with van der Waals surface area (Å²) < 4.78 is 22.3. The molecule has 0 bridgehead atoms. The van der Waals surface area contributed by atoms with Crippen molar-refractivity contribution < 1.29 is 38.1 Å². The second-order valence-corrected chi connectivity index (χ2v) is 15.5. The van der Waals surface area contributed by atoms with Crippen LogP contribution in [0.1, 0.15) is 83.1 Å². The fraction of sp³-hybridized carbons (Fsp3) is 0.875. The summed E-state index contributed by atoms with van der Waals surface area (Å²) in [5, 5.41) is 0. The molecule has 12 nitrogen and oxygen atoms in total. The van der Waals surface area contributed by atoms with Crippen LogP contribution in [-0.4, -0.2) is 144 Å². The molecule has 0 aromatic carbocycles. The van der Waals surface area contributed by atoms with Gasteiger partial charge < -0.3 is 18.9 Å². The van der Waals surface area contributed by atoms with E-state index in [9.17, 15) is 19.2 Å². The molecule has 44 heavy (non-hydrogen) atoms. The number of nitrogens with zero attached hydrogens (tertiary/aromatic N) is 4. The summed E-state index contributed by atoms with van der Waals surface area (Å²) >= 11 is 0. The summed E-state index contributed by atoms with van der Waals surface area (Å²) in [6.45, 7) is 26.1. The number of hydrogen-bond donors (Lipinski definition) is 0. The van der Waals surface area contributed by atoms with E-state index >= 15 is 0 Å². The van der Waals surface area contributed by atoms with Gasteiger partial charge in [-0.05, 0) is 83.1 Å². The average Bonchev–Trinajstić information content (AvgIpc) is 2.75. The fourth-order valence-corrected chi connectivity index (χ4v) is 4.44. The Hall–Kier alpha value is -2.28. The van der Waals surface area contributed by atoms with Crippen LogP contribution < -0.4 is 0 Å². The molecule has 0 saturated carbocycles. The molecule has 1 heterocycles. The summed E-state index contributed by atoms with van der Waals surface area (Å²) in [7, 11) is 0. The molecule has 0 amide bonds. The monoisotopic (exact) mass is 628 g/mol. The average molecular weight is 629 g/mol. The molecular formula is C32H60N4O8. The van der Waals surface area contributed by atoms with Crippen LogP contribution >= 0.6 is 0 Å². The van der Waals surface area contributed by atoms with E-state index in [-0.39, 0.29) is 50.1 Å². The summed E-state index contributed by atoms with van der Waals surface area (Å²) in [6, 6.07) is 0. The molecule has 12 heteroatoms. The first-order valence-corrected chi connectivity index (χ1v) is 15.7. The van der Waals surface area contributed by atoms with E-state index in [0.717, 1.165) is 0 Å². The number of ether oxygens (including phenoxy) is 4. The van der Waals surface area contributed by atoms with Crippen LogP contribution in [0.15, 0.2) is 0 Å². The normalized spacial score (nSPS) is 18.1. The van der Waals surface area contributed by atoms with Crippen LogP contribution in [0.2, 0.25) is 0 Å². The lowest BCUT2D eigenvalue weighted by atomic mass is 10.2. The van der Waals surface area contributed by atoms with E-state index in [1.54, 1.807) is 0 Å². The smallest absolute Gasteiger partial charge is 0.320 e. The van der Waals surface area contributed by atoms with Gasteiger partial charge in [0.25, 0.3) is 0 Å². The first-order valence-electron chi connectivity index (χ1n) is 15.7. The van der Waals surface area contributed by atoms with Gasteiger partial charge in [0.15, 0.2) is 0 Å². The maximum absolute atomic E-state index is 12.8. The second kappa shape index (κ2) is 16.9. The van der Waals surface area contributed by atoms with Crippen LogP contribution in [0.25, 0.3) is 0 Å². The molecule has 0 N–H and O–H groups in total. The van der Waals surface area contributed by atoms with E-state index in [1.165, 1.54) is 0 Å². The molecule has 1 aliphatic rings. The molecular weight excluding hydrogens is 568 g/mol. The molecule has 0 aromatic heterocycles. The van der Waals surface area contributed by atoms with E-state index in [0.29, 0.717) is 52.4 Å². The molecule has 0 aliphatic carbocycles. The van der Waals surface area contributed by atoms with E-state index in [1.807, 2.05) is 103 Å². The van der Waals surface area contributed by atoms with Gasteiger partial charge >= 0.3 is 23.9 Å². The summed E-state index contributed by atoms with van der Waals surface area (Å²) in [6.07, 6.45) is 0. The third-order valence-electron chi connectivity index (χ3n) is 6.02. The highest BCUT2D eigenvalue weighted by Crippen LogP contribution is 2.12. The SMILES string of the molecule is CC(C)(C)OC(=O)CN1CCN(CC(=O)OC(C)(C)C)CCN(CC(=O)OC(C)(C)C)CCN(CC(=O)OC(C)(C)C)CC1. The number of esters is 4. The fourth-order valence-electron chi connectivity index (χ4n) is 4.44. The lowest BCUT2D eigenvalue weighted by Gasteiger charge is -2.34. The van der Waals surface area contributed by atoms with Crippen molar-refractivity contribution in [3.63, 3.8) is 0 Å². The highest BCUT2D eigenvalue weighted by Gasteiger charge is 2.26. The van der Waals surface area contributed by atoms with E-state index in [4.69, 9.17) is 18.9 Å². The summed E-state index contributed by atoms with van der Waals surface area (Å²) in [5.41, 5.74) is -2.47. The van der Waals surface area contributed by atoms with E-state index in [2.05, 4.69) is 0 Å². The van der Waals surface area contributed by atoms with Crippen molar-refractivity contribution in [1.82, 2.24) is 19.6 Å². The molecule has 1 aliphatic heterocycles. The molecule has 0 spiro atoms. The number of carbonyl (C=O) groups excluding carboxylic acids is 4. The molecule has 1 fully saturated rings. The zero-order valence-corrected chi connectivity index (χ0v) is 29.5. The number of rotatable bonds is 8. The minimum absolute atomic E-state index is 0.0720. The number of hydrogen-bond acceptors (Lipinski definition) is 12. The van der Waals surface area contributed by atoms with Gasteiger partial charge in [-0.25, -0.2) is 0 Å². The van der Waals surface area contributed by atoms with Gasteiger partial charge in [-0.15, -0.1) is 0 Å². The van der Waals surface area contributed by atoms with Crippen LogP contribution in [0.5, 0.6) is 0 Å². The Morgan fingerprint density at radius 2 is 0.500 bits per heavy atom. The lowest BCUT2D eigenvalue weighted by molar-refractivity contribution is -0.159. The van der Waals surface area contributed by atoms with Crippen molar-refractivity contribution in [2.75, 3.05) is 78.5 Å². The van der Waals surface area contributed by atoms with Crippen molar-refractivity contribution in [1.29, 1.82) is 0 Å². The highest BCUT2D eigenvalue weighted by atomic mass is 16.6. The number of carbonyl (C=O) groups is 4. The molecule has 0 radical (unpaired) electrons. The Kier molecular flexibility index (Phi) is 15.2. The van der Waals surface area contributed by atoms with Crippen molar-refractivity contribution in [2.24, 2.45) is 0 Å². The minimum atomic E-state index is -0.618. The lowest BCUT2D eigenvalue weighted by Crippen LogP contribution is -2.50. The van der Waals surface area contributed by atoms with Crippen LogP contribution in [-0.2, 0) is 38.1 Å². The van der Waals surface area contributed by atoms with E-state index < -0.39 is 22.4 Å². The maximum Gasteiger partial charge on any atom is 0.320 e. The van der Waals surface area contributed by atoms with Crippen molar-refractivity contribution in [2.45, 2.75) is 105 Å². The Labute approximate surface area is 265 Å². The summed E-state index contributed by atoms with van der Waals surface area (Å²) in [5.74, 6) is -1.37. The molecule has 0 aromatic rings. The molecule has 1 saturated heterocycles. The van der Waals surface area contributed by atoms with Crippen molar-refractivity contribution in [3.05, 3.63) is 0 Å². The van der Waals surface area contributed by atoms with Gasteiger partial charge in [0, 0.05) is 52.4 Å². The van der Waals surface area contributed by atoms with Gasteiger partial charge in [-0.3, -0.25) is 38.8 Å².